The number of carbonyl (C=O) groups excluding carboxylic acids is 1. The molecule has 19 heavy (non-hydrogen) atoms. The molecule has 0 aliphatic carbocycles. The van der Waals surface area contributed by atoms with Gasteiger partial charge in [0.1, 0.15) is 0 Å². The normalized spacial score (nSPS) is 18.1. The van der Waals surface area contributed by atoms with E-state index >= 15 is 0 Å². The summed E-state index contributed by atoms with van der Waals surface area (Å²) in [7, 11) is 0. The molecule has 1 unspecified atom stereocenters. The summed E-state index contributed by atoms with van der Waals surface area (Å²) in [5.74, 6) is 0.879. The number of carbonyl (C=O) groups is 1. The minimum Gasteiger partial charge on any atom is -0.316 e. The number of aromatic nitrogens is 1. The molecule has 6 heteroatoms. The smallest absolute Gasteiger partial charge is 0.228 e. The lowest BCUT2D eigenvalue weighted by atomic mass is 10.0. The van der Waals surface area contributed by atoms with Gasteiger partial charge in [-0.3, -0.25) is 9.69 Å². The van der Waals surface area contributed by atoms with Crippen LogP contribution in [-0.2, 0) is 4.79 Å². The summed E-state index contributed by atoms with van der Waals surface area (Å²) < 4.78 is 0. The van der Waals surface area contributed by atoms with Crippen LogP contribution in [0.25, 0.3) is 0 Å². The van der Waals surface area contributed by atoms with Crippen molar-refractivity contribution in [2.24, 2.45) is 5.92 Å². The largest absolute Gasteiger partial charge is 0.316 e. The molecule has 1 aliphatic rings. The third kappa shape index (κ3) is 4.44. The van der Waals surface area contributed by atoms with Crippen LogP contribution in [0.15, 0.2) is 5.38 Å². The summed E-state index contributed by atoms with van der Waals surface area (Å²) in [5.41, 5.74) is 0.987. The minimum absolute atomic E-state index is 0. The lowest BCUT2D eigenvalue weighted by Crippen LogP contribution is -2.30. The van der Waals surface area contributed by atoms with Gasteiger partial charge in [-0.25, -0.2) is 4.98 Å². The van der Waals surface area contributed by atoms with E-state index in [1.54, 1.807) is 16.2 Å². The van der Waals surface area contributed by atoms with Crippen LogP contribution in [0.1, 0.15) is 31.9 Å². The maximum atomic E-state index is 12.2. The second-order valence-electron chi connectivity index (χ2n) is 4.81. The Hall–Kier alpha value is -0.650. The molecular weight excluding hydrogens is 282 g/mol. The van der Waals surface area contributed by atoms with E-state index in [9.17, 15) is 4.79 Å². The SMILES string of the molecule is CCN(C(=O)CCC1CCNC1)c1nc(C)cs1.Cl. The van der Waals surface area contributed by atoms with Gasteiger partial charge in [-0.15, -0.1) is 23.7 Å². The van der Waals surface area contributed by atoms with E-state index in [0.29, 0.717) is 18.9 Å². The highest BCUT2D eigenvalue weighted by Gasteiger charge is 2.20. The molecule has 2 rings (SSSR count). The summed E-state index contributed by atoms with van der Waals surface area (Å²) in [4.78, 5) is 18.4. The highest BCUT2D eigenvalue weighted by Crippen LogP contribution is 2.22. The first kappa shape index (κ1) is 16.4. The Morgan fingerprint density at radius 1 is 1.63 bits per heavy atom. The number of rotatable bonds is 5. The van der Waals surface area contributed by atoms with E-state index in [4.69, 9.17) is 0 Å². The van der Waals surface area contributed by atoms with Gasteiger partial charge >= 0.3 is 0 Å². The maximum absolute atomic E-state index is 12.2. The van der Waals surface area contributed by atoms with Crippen molar-refractivity contribution >= 4 is 34.8 Å². The molecule has 0 bridgehead atoms. The Labute approximate surface area is 125 Å². The van der Waals surface area contributed by atoms with Crippen LogP contribution < -0.4 is 10.2 Å². The quantitative estimate of drug-likeness (QED) is 0.909. The van der Waals surface area contributed by atoms with Crippen molar-refractivity contribution in [1.29, 1.82) is 0 Å². The van der Waals surface area contributed by atoms with Crippen molar-refractivity contribution in [3.63, 3.8) is 0 Å². The van der Waals surface area contributed by atoms with Crippen molar-refractivity contribution < 1.29 is 4.79 Å². The predicted octanol–water partition coefficient (Wildman–Crippen LogP) is 2.62. The van der Waals surface area contributed by atoms with Gasteiger partial charge in [0, 0.05) is 18.3 Å². The Morgan fingerprint density at radius 2 is 2.42 bits per heavy atom. The molecule has 0 spiro atoms. The van der Waals surface area contributed by atoms with E-state index in [0.717, 1.165) is 30.3 Å². The first-order valence-corrected chi connectivity index (χ1v) is 7.52. The van der Waals surface area contributed by atoms with Gasteiger partial charge in [0.2, 0.25) is 5.91 Å². The van der Waals surface area contributed by atoms with Crippen molar-refractivity contribution in [3.8, 4) is 0 Å². The number of nitrogens with zero attached hydrogens (tertiary/aromatic N) is 2. The summed E-state index contributed by atoms with van der Waals surface area (Å²) in [6.07, 6.45) is 2.83. The summed E-state index contributed by atoms with van der Waals surface area (Å²) in [5, 5.41) is 6.17. The number of nitrogens with one attached hydrogen (secondary N) is 1. The summed E-state index contributed by atoms with van der Waals surface area (Å²) >= 11 is 1.55. The van der Waals surface area contributed by atoms with Crippen LogP contribution in [0.3, 0.4) is 0 Å². The van der Waals surface area contributed by atoms with Gasteiger partial charge in [0.15, 0.2) is 5.13 Å². The van der Waals surface area contributed by atoms with Crippen molar-refractivity contribution in [2.45, 2.75) is 33.1 Å². The van der Waals surface area contributed by atoms with E-state index in [1.165, 1.54) is 6.42 Å². The van der Waals surface area contributed by atoms with Crippen LogP contribution in [0.2, 0.25) is 0 Å². The van der Waals surface area contributed by atoms with Gasteiger partial charge in [0.05, 0.1) is 5.69 Å². The Morgan fingerprint density at radius 3 is 2.95 bits per heavy atom. The molecule has 0 aromatic carbocycles. The molecule has 0 radical (unpaired) electrons. The van der Waals surface area contributed by atoms with Crippen molar-refractivity contribution in [3.05, 3.63) is 11.1 Å². The van der Waals surface area contributed by atoms with Crippen molar-refractivity contribution in [2.75, 3.05) is 24.5 Å². The molecule has 1 amide bonds. The number of thiazole rings is 1. The topological polar surface area (TPSA) is 45.2 Å². The number of aryl methyl sites for hydroxylation is 1. The van der Waals surface area contributed by atoms with E-state index in [-0.39, 0.29) is 18.3 Å². The van der Waals surface area contributed by atoms with Crippen LogP contribution in [0.4, 0.5) is 5.13 Å². The van der Waals surface area contributed by atoms with E-state index < -0.39 is 0 Å². The third-order valence-corrected chi connectivity index (χ3v) is 4.37. The molecule has 2 heterocycles. The molecule has 0 saturated carbocycles. The minimum atomic E-state index is 0. The molecule has 108 valence electrons. The number of hydrogen-bond acceptors (Lipinski definition) is 4. The lowest BCUT2D eigenvalue weighted by Gasteiger charge is -2.18. The van der Waals surface area contributed by atoms with Crippen LogP contribution >= 0.6 is 23.7 Å². The van der Waals surface area contributed by atoms with Gasteiger partial charge in [-0.05, 0) is 45.7 Å². The fourth-order valence-corrected chi connectivity index (χ4v) is 3.19. The summed E-state index contributed by atoms with van der Waals surface area (Å²) in [6, 6.07) is 0. The number of anilines is 1. The monoisotopic (exact) mass is 303 g/mol. The van der Waals surface area contributed by atoms with Gasteiger partial charge in [-0.2, -0.15) is 0 Å². The second kappa shape index (κ2) is 7.82. The molecule has 1 fully saturated rings. The lowest BCUT2D eigenvalue weighted by molar-refractivity contribution is -0.118. The van der Waals surface area contributed by atoms with Crippen LogP contribution in [0, 0.1) is 12.8 Å². The first-order chi connectivity index (χ1) is 8.70. The highest BCUT2D eigenvalue weighted by atomic mass is 35.5. The van der Waals surface area contributed by atoms with Crippen LogP contribution in [-0.4, -0.2) is 30.5 Å². The molecule has 1 aromatic rings. The predicted molar refractivity (Wildman–Crippen MR) is 82.3 cm³/mol. The third-order valence-electron chi connectivity index (χ3n) is 3.38. The zero-order chi connectivity index (χ0) is 13.0. The average molecular weight is 304 g/mol. The fourth-order valence-electron chi connectivity index (χ4n) is 2.31. The number of amides is 1. The Balaban J connectivity index is 0.00000180. The molecule has 1 aliphatic heterocycles. The number of halogens is 1. The Kier molecular flexibility index (Phi) is 6.75. The molecule has 4 nitrogen and oxygen atoms in total. The Bertz CT molecular complexity index is 404. The first-order valence-electron chi connectivity index (χ1n) is 6.64. The molecule has 1 saturated heterocycles. The number of hydrogen-bond donors (Lipinski definition) is 1. The summed E-state index contributed by atoms with van der Waals surface area (Å²) in [6.45, 7) is 6.83. The average Bonchev–Trinajstić information content (AvgIpc) is 2.99. The van der Waals surface area contributed by atoms with E-state index in [2.05, 4.69) is 10.3 Å². The van der Waals surface area contributed by atoms with Gasteiger partial charge in [-0.1, -0.05) is 0 Å². The zero-order valence-corrected chi connectivity index (χ0v) is 13.1. The van der Waals surface area contributed by atoms with Crippen LogP contribution in [0.5, 0.6) is 0 Å². The molecule has 1 N–H and O–H groups in total. The van der Waals surface area contributed by atoms with Gasteiger partial charge in [0.25, 0.3) is 0 Å². The second-order valence-corrected chi connectivity index (χ2v) is 5.64. The van der Waals surface area contributed by atoms with E-state index in [1.807, 2.05) is 19.2 Å². The molecule has 1 atom stereocenters. The maximum Gasteiger partial charge on any atom is 0.228 e. The van der Waals surface area contributed by atoms with Crippen molar-refractivity contribution in [1.82, 2.24) is 10.3 Å². The highest BCUT2D eigenvalue weighted by molar-refractivity contribution is 7.14. The zero-order valence-electron chi connectivity index (χ0n) is 11.5. The van der Waals surface area contributed by atoms with Gasteiger partial charge < -0.3 is 5.32 Å². The fraction of sp³-hybridized carbons (Fsp3) is 0.692. The standard InChI is InChI=1S/C13H21N3OS.ClH/c1-3-16(13-15-10(2)9-18-13)12(17)5-4-11-6-7-14-8-11;/h9,11,14H,3-8H2,1-2H3;1H. The molecule has 1 aromatic heterocycles. The molecular formula is C13H22ClN3OS.